The van der Waals surface area contributed by atoms with Crippen LogP contribution in [0.5, 0.6) is 0 Å². The molecule has 0 fully saturated rings. The Bertz CT molecular complexity index is 292. The van der Waals surface area contributed by atoms with Crippen molar-refractivity contribution in [2.45, 2.75) is 52.0 Å². The third-order valence-corrected chi connectivity index (χ3v) is 3.10. The maximum Gasteiger partial charge on any atom is 0.326 e. The fourth-order valence-corrected chi connectivity index (χ4v) is 1.78. The number of amides is 2. The summed E-state index contributed by atoms with van der Waals surface area (Å²) in [4.78, 5) is 22.5. The molecule has 0 aliphatic rings. The second-order valence-corrected chi connectivity index (χ2v) is 4.69. The second-order valence-electron chi connectivity index (χ2n) is 4.69. The van der Waals surface area contributed by atoms with E-state index in [1.165, 1.54) is 6.08 Å². The summed E-state index contributed by atoms with van der Waals surface area (Å²) >= 11 is 0. The van der Waals surface area contributed by atoms with Gasteiger partial charge >= 0.3 is 12.0 Å². The Balaban J connectivity index is 4.07. The lowest BCUT2D eigenvalue weighted by Gasteiger charge is -2.17. The van der Waals surface area contributed by atoms with Gasteiger partial charge < -0.3 is 15.7 Å². The van der Waals surface area contributed by atoms with E-state index in [0.717, 1.165) is 25.7 Å². The van der Waals surface area contributed by atoms with Crippen LogP contribution in [-0.4, -0.2) is 29.7 Å². The van der Waals surface area contributed by atoms with Gasteiger partial charge in [0.15, 0.2) is 0 Å². The normalized spacial score (nSPS) is 13.4. The van der Waals surface area contributed by atoms with Crippen molar-refractivity contribution in [2.24, 2.45) is 5.92 Å². The first-order chi connectivity index (χ1) is 9.04. The van der Waals surface area contributed by atoms with Gasteiger partial charge in [-0.15, -0.1) is 6.58 Å². The highest BCUT2D eigenvalue weighted by atomic mass is 16.4. The molecular formula is C14H26N2O3. The van der Waals surface area contributed by atoms with E-state index < -0.39 is 18.0 Å². The molecule has 2 unspecified atom stereocenters. The summed E-state index contributed by atoms with van der Waals surface area (Å²) < 4.78 is 0. The minimum absolute atomic E-state index is 0.218. The van der Waals surface area contributed by atoms with Gasteiger partial charge in [-0.3, -0.25) is 0 Å². The quantitative estimate of drug-likeness (QED) is 0.534. The molecule has 3 N–H and O–H groups in total. The van der Waals surface area contributed by atoms with Gasteiger partial charge in [0.25, 0.3) is 0 Å². The van der Waals surface area contributed by atoms with Crippen LogP contribution in [-0.2, 0) is 4.79 Å². The van der Waals surface area contributed by atoms with Gasteiger partial charge in [-0.25, -0.2) is 9.59 Å². The third kappa shape index (κ3) is 8.24. The Kier molecular flexibility index (Phi) is 9.57. The van der Waals surface area contributed by atoms with Crippen LogP contribution in [0, 0.1) is 5.92 Å². The zero-order valence-corrected chi connectivity index (χ0v) is 11.9. The van der Waals surface area contributed by atoms with E-state index in [0.29, 0.717) is 12.5 Å². The molecule has 0 saturated carbocycles. The molecule has 0 bridgehead atoms. The maximum atomic E-state index is 11.6. The van der Waals surface area contributed by atoms with Crippen LogP contribution < -0.4 is 10.6 Å². The van der Waals surface area contributed by atoms with E-state index >= 15 is 0 Å². The third-order valence-electron chi connectivity index (χ3n) is 3.10. The van der Waals surface area contributed by atoms with Crippen molar-refractivity contribution in [3.05, 3.63) is 12.7 Å². The van der Waals surface area contributed by atoms with Gasteiger partial charge in [-0.1, -0.05) is 39.2 Å². The summed E-state index contributed by atoms with van der Waals surface area (Å²) in [5, 5.41) is 14.1. The molecule has 5 heteroatoms. The molecule has 19 heavy (non-hydrogen) atoms. The number of hydrogen-bond acceptors (Lipinski definition) is 2. The van der Waals surface area contributed by atoms with Crippen molar-refractivity contribution in [1.29, 1.82) is 0 Å². The molecule has 2 atom stereocenters. The molecule has 0 heterocycles. The molecule has 5 nitrogen and oxygen atoms in total. The summed E-state index contributed by atoms with van der Waals surface area (Å²) in [6.07, 6.45) is 6.09. The highest BCUT2D eigenvalue weighted by molar-refractivity contribution is 5.82. The number of carboxylic acid groups (broad SMARTS) is 1. The number of carbonyl (C=O) groups excluding carboxylic acids is 1. The summed E-state index contributed by atoms with van der Waals surface area (Å²) in [5.41, 5.74) is 0. The minimum atomic E-state index is -1.05. The summed E-state index contributed by atoms with van der Waals surface area (Å²) in [6, 6.07) is -1.34. The van der Waals surface area contributed by atoms with Gasteiger partial charge in [-0.2, -0.15) is 0 Å². The molecule has 0 aliphatic carbocycles. The van der Waals surface area contributed by atoms with Crippen molar-refractivity contribution >= 4 is 12.0 Å². The lowest BCUT2D eigenvalue weighted by molar-refractivity contribution is -0.139. The first-order valence-electron chi connectivity index (χ1n) is 6.93. The van der Waals surface area contributed by atoms with Crippen LogP contribution in [0.1, 0.15) is 46.0 Å². The molecule has 0 aromatic carbocycles. The van der Waals surface area contributed by atoms with Crippen molar-refractivity contribution < 1.29 is 14.7 Å². The van der Waals surface area contributed by atoms with Crippen LogP contribution in [0.2, 0.25) is 0 Å². The van der Waals surface area contributed by atoms with Crippen LogP contribution in [0.25, 0.3) is 0 Å². The van der Waals surface area contributed by atoms with E-state index in [-0.39, 0.29) is 6.42 Å². The predicted octanol–water partition coefficient (Wildman–Crippen LogP) is 2.53. The van der Waals surface area contributed by atoms with E-state index in [1.807, 2.05) is 0 Å². The second kappa shape index (κ2) is 10.4. The van der Waals surface area contributed by atoms with Crippen LogP contribution >= 0.6 is 0 Å². The van der Waals surface area contributed by atoms with Crippen molar-refractivity contribution in [3.8, 4) is 0 Å². The lowest BCUT2D eigenvalue weighted by atomic mass is 9.99. The Labute approximate surface area is 115 Å². The highest BCUT2D eigenvalue weighted by Crippen LogP contribution is 2.11. The van der Waals surface area contributed by atoms with E-state index in [4.69, 9.17) is 5.11 Å². The van der Waals surface area contributed by atoms with Crippen molar-refractivity contribution in [2.75, 3.05) is 6.54 Å². The molecule has 0 saturated heterocycles. The zero-order valence-electron chi connectivity index (χ0n) is 11.9. The molecule has 0 aliphatic heterocycles. The Morgan fingerprint density at radius 2 is 2.05 bits per heavy atom. The fourth-order valence-electron chi connectivity index (χ4n) is 1.78. The summed E-state index contributed by atoms with van der Waals surface area (Å²) in [6.45, 7) is 8.30. The predicted molar refractivity (Wildman–Crippen MR) is 76.1 cm³/mol. The first kappa shape index (κ1) is 17.5. The Morgan fingerprint density at radius 1 is 1.37 bits per heavy atom. The average molecular weight is 270 g/mol. The first-order valence-corrected chi connectivity index (χ1v) is 6.93. The zero-order chi connectivity index (χ0) is 14.7. The highest BCUT2D eigenvalue weighted by Gasteiger charge is 2.18. The molecule has 0 radical (unpaired) electrons. The summed E-state index contributed by atoms with van der Waals surface area (Å²) in [7, 11) is 0. The SMILES string of the molecule is C=CCC(NC(=O)NCC(CC)CCCC)C(=O)O. The Hall–Kier alpha value is -1.52. The molecular weight excluding hydrogens is 244 g/mol. The fraction of sp³-hybridized carbons (Fsp3) is 0.714. The molecule has 0 aromatic rings. The molecule has 0 aromatic heterocycles. The lowest BCUT2D eigenvalue weighted by Crippen LogP contribution is -2.46. The number of aliphatic carboxylic acids is 1. The minimum Gasteiger partial charge on any atom is -0.480 e. The van der Waals surface area contributed by atoms with Gasteiger partial charge in [0, 0.05) is 6.54 Å². The van der Waals surface area contributed by atoms with Crippen LogP contribution in [0.3, 0.4) is 0 Å². The number of unbranched alkanes of at least 4 members (excludes halogenated alkanes) is 1. The molecule has 0 rings (SSSR count). The van der Waals surface area contributed by atoms with E-state index in [9.17, 15) is 9.59 Å². The Morgan fingerprint density at radius 3 is 2.53 bits per heavy atom. The van der Waals surface area contributed by atoms with Crippen LogP contribution in [0.4, 0.5) is 4.79 Å². The van der Waals surface area contributed by atoms with Crippen molar-refractivity contribution in [3.63, 3.8) is 0 Å². The largest absolute Gasteiger partial charge is 0.480 e. The van der Waals surface area contributed by atoms with Gasteiger partial charge in [0.1, 0.15) is 6.04 Å². The average Bonchev–Trinajstić information content (AvgIpc) is 2.38. The number of nitrogens with one attached hydrogen (secondary N) is 2. The number of carboxylic acids is 1. The van der Waals surface area contributed by atoms with Gasteiger partial charge in [0.05, 0.1) is 0 Å². The number of hydrogen-bond donors (Lipinski definition) is 3. The standard InChI is InChI=1S/C14H26N2O3/c1-4-7-9-11(6-3)10-15-14(19)16-12(8-5-2)13(17)18/h5,11-12H,2,4,6-10H2,1,3H3,(H,17,18)(H2,15,16,19). The molecule has 2 amide bonds. The van der Waals surface area contributed by atoms with E-state index in [2.05, 4.69) is 31.1 Å². The maximum absolute atomic E-state index is 11.6. The van der Waals surface area contributed by atoms with Gasteiger partial charge in [0.2, 0.25) is 0 Å². The molecule has 110 valence electrons. The van der Waals surface area contributed by atoms with E-state index in [1.54, 1.807) is 0 Å². The number of rotatable bonds is 10. The van der Waals surface area contributed by atoms with Crippen LogP contribution in [0.15, 0.2) is 12.7 Å². The monoisotopic (exact) mass is 270 g/mol. The number of urea groups is 1. The summed E-state index contributed by atoms with van der Waals surface area (Å²) in [5.74, 6) is -0.596. The molecule has 0 spiro atoms. The smallest absolute Gasteiger partial charge is 0.326 e. The number of carbonyl (C=O) groups is 2. The topological polar surface area (TPSA) is 78.4 Å². The van der Waals surface area contributed by atoms with Crippen molar-refractivity contribution in [1.82, 2.24) is 10.6 Å². The van der Waals surface area contributed by atoms with Gasteiger partial charge in [-0.05, 0) is 18.8 Å².